The monoisotopic (exact) mass is 387 g/mol. The fraction of sp³-hybridized carbons (Fsp3) is 0.300. The van der Waals surface area contributed by atoms with Gasteiger partial charge in [0.25, 0.3) is 5.91 Å². The Morgan fingerprint density at radius 2 is 2.07 bits per heavy atom. The number of hydrogen-bond acceptors (Lipinski definition) is 3. The van der Waals surface area contributed by atoms with Gasteiger partial charge in [0, 0.05) is 24.7 Å². The molecule has 0 aliphatic carbocycles. The first kappa shape index (κ1) is 18.2. The summed E-state index contributed by atoms with van der Waals surface area (Å²) in [4.78, 5) is 25.7. The van der Waals surface area contributed by atoms with Crippen LogP contribution in [-0.4, -0.2) is 36.5 Å². The quantitative estimate of drug-likeness (QED) is 0.825. The second-order valence-corrected chi connectivity index (χ2v) is 6.93. The van der Waals surface area contributed by atoms with Crippen LogP contribution in [0.25, 0.3) is 0 Å². The molecular weight excluding hydrogens is 368 g/mol. The minimum absolute atomic E-state index is 0.0372. The SMILES string of the molecule is O=C1COc2ccc(NC(=O)N3CCC[C@@H](c4cc(F)ccc4F)C3)cc2N1. The van der Waals surface area contributed by atoms with Crippen molar-refractivity contribution < 1.29 is 23.1 Å². The summed E-state index contributed by atoms with van der Waals surface area (Å²) in [6.45, 7) is 0.797. The Morgan fingerprint density at radius 3 is 2.93 bits per heavy atom. The second kappa shape index (κ2) is 7.46. The number of urea groups is 1. The highest BCUT2D eigenvalue weighted by Gasteiger charge is 2.27. The van der Waals surface area contributed by atoms with E-state index >= 15 is 0 Å². The lowest BCUT2D eigenvalue weighted by molar-refractivity contribution is -0.118. The highest BCUT2D eigenvalue weighted by molar-refractivity contribution is 5.97. The number of nitrogens with one attached hydrogen (secondary N) is 2. The number of carbonyl (C=O) groups is 2. The topological polar surface area (TPSA) is 70.7 Å². The Bertz CT molecular complexity index is 935. The molecule has 2 heterocycles. The molecular formula is C20H19F2N3O3. The molecule has 28 heavy (non-hydrogen) atoms. The molecule has 2 aliphatic rings. The summed E-state index contributed by atoms with van der Waals surface area (Å²) in [7, 11) is 0. The van der Waals surface area contributed by atoms with E-state index in [2.05, 4.69) is 10.6 Å². The van der Waals surface area contributed by atoms with E-state index < -0.39 is 11.6 Å². The third-order valence-corrected chi connectivity index (χ3v) is 4.97. The molecule has 0 saturated carbocycles. The molecule has 0 radical (unpaired) electrons. The van der Waals surface area contributed by atoms with Gasteiger partial charge in [0.2, 0.25) is 0 Å². The van der Waals surface area contributed by atoms with Crippen LogP contribution < -0.4 is 15.4 Å². The van der Waals surface area contributed by atoms with Gasteiger partial charge in [-0.2, -0.15) is 0 Å². The van der Waals surface area contributed by atoms with Crippen molar-refractivity contribution in [3.8, 4) is 5.75 Å². The maximum atomic E-state index is 14.1. The molecule has 146 valence electrons. The number of rotatable bonds is 2. The van der Waals surface area contributed by atoms with Crippen molar-refractivity contribution in [2.45, 2.75) is 18.8 Å². The Hall–Kier alpha value is -3.16. The first-order chi connectivity index (χ1) is 13.5. The molecule has 2 aromatic carbocycles. The first-order valence-electron chi connectivity index (χ1n) is 9.07. The van der Waals surface area contributed by atoms with Crippen LogP contribution in [0.3, 0.4) is 0 Å². The van der Waals surface area contributed by atoms with E-state index in [0.717, 1.165) is 12.1 Å². The molecule has 0 bridgehead atoms. The van der Waals surface area contributed by atoms with Gasteiger partial charge in [0.1, 0.15) is 17.4 Å². The smallest absolute Gasteiger partial charge is 0.321 e. The molecule has 0 unspecified atom stereocenters. The molecule has 1 saturated heterocycles. The first-order valence-corrected chi connectivity index (χ1v) is 9.07. The molecule has 3 amide bonds. The highest BCUT2D eigenvalue weighted by atomic mass is 19.1. The Kier molecular flexibility index (Phi) is 4.85. The minimum Gasteiger partial charge on any atom is -0.482 e. The maximum absolute atomic E-state index is 14.1. The van der Waals surface area contributed by atoms with E-state index in [1.165, 1.54) is 6.07 Å². The van der Waals surface area contributed by atoms with Crippen molar-refractivity contribution in [3.05, 3.63) is 53.6 Å². The van der Waals surface area contributed by atoms with Crippen LogP contribution in [0.5, 0.6) is 5.75 Å². The summed E-state index contributed by atoms with van der Waals surface area (Å²) in [6.07, 6.45) is 1.38. The van der Waals surface area contributed by atoms with E-state index in [9.17, 15) is 18.4 Å². The van der Waals surface area contributed by atoms with E-state index in [-0.39, 0.29) is 24.5 Å². The Labute approximate surface area is 160 Å². The largest absolute Gasteiger partial charge is 0.482 e. The number of halogens is 2. The van der Waals surface area contributed by atoms with Crippen LogP contribution in [0.2, 0.25) is 0 Å². The summed E-state index contributed by atoms with van der Waals surface area (Å²) in [5, 5.41) is 5.47. The normalized spacial score (nSPS) is 18.7. The van der Waals surface area contributed by atoms with Gasteiger partial charge in [0.15, 0.2) is 6.61 Å². The zero-order valence-electron chi connectivity index (χ0n) is 15.0. The zero-order chi connectivity index (χ0) is 19.7. The highest BCUT2D eigenvalue weighted by Crippen LogP contribution is 2.32. The van der Waals surface area contributed by atoms with Gasteiger partial charge in [-0.15, -0.1) is 0 Å². The van der Waals surface area contributed by atoms with Crippen LogP contribution in [-0.2, 0) is 4.79 Å². The third-order valence-electron chi connectivity index (χ3n) is 4.97. The number of carbonyl (C=O) groups excluding carboxylic acids is 2. The van der Waals surface area contributed by atoms with Crippen molar-refractivity contribution in [3.63, 3.8) is 0 Å². The predicted octanol–water partition coefficient (Wildman–Crippen LogP) is 3.71. The minimum atomic E-state index is -0.490. The van der Waals surface area contributed by atoms with Crippen LogP contribution in [0, 0.1) is 11.6 Å². The van der Waals surface area contributed by atoms with Gasteiger partial charge in [-0.05, 0) is 54.8 Å². The van der Waals surface area contributed by atoms with Gasteiger partial charge in [-0.3, -0.25) is 4.79 Å². The lowest BCUT2D eigenvalue weighted by Crippen LogP contribution is -2.41. The molecule has 4 rings (SSSR count). The van der Waals surface area contributed by atoms with E-state index in [0.29, 0.717) is 48.6 Å². The molecule has 2 N–H and O–H groups in total. The van der Waals surface area contributed by atoms with E-state index in [1.54, 1.807) is 23.1 Å². The van der Waals surface area contributed by atoms with Crippen LogP contribution in [0.1, 0.15) is 24.3 Å². The lowest BCUT2D eigenvalue weighted by atomic mass is 9.90. The zero-order valence-corrected chi connectivity index (χ0v) is 15.0. The molecule has 2 aliphatic heterocycles. The van der Waals surface area contributed by atoms with Gasteiger partial charge in [0.05, 0.1) is 5.69 Å². The Balaban J connectivity index is 1.45. The molecule has 0 spiro atoms. The van der Waals surface area contributed by atoms with Gasteiger partial charge < -0.3 is 20.3 Å². The number of ether oxygens (including phenoxy) is 1. The fourth-order valence-electron chi connectivity index (χ4n) is 3.61. The number of amides is 3. The molecule has 8 heteroatoms. The van der Waals surface area contributed by atoms with Crippen LogP contribution in [0.15, 0.2) is 36.4 Å². The van der Waals surface area contributed by atoms with Gasteiger partial charge >= 0.3 is 6.03 Å². The molecule has 6 nitrogen and oxygen atoms in total. The van der Waals surface area contributed by atoms with Crippen LogP contribution >= 0.6 is 0 Å². The number of hydrogen-bond donors (Lipinski definition) is 2. The van der Waals surface area contributed by atoms with Crippen molar-refractivity contribution in [2.75, 3.05) is 30.3 Å². The molecule has 2 aromatic rings. The van der Waals surface area contributed by atoms with Gasteiger partial charge in [-0.1, -0.05) is 0 Å². The summed E-state index contributed by atoms with van der Waals surface area (Å²) in [5.41, 5.74) is 1.30. The van der Waals surface area contributed by atoms with E-state index in [1.807, 2.05) is 0 Å². The summed E-state index contributed by atoms with van der Waals surface area (Å²) < 4.78 is 32.9. The number of anilines is 2. The number of benzene rings is 2. The third kappa shape index (κ3) is 3.76. The second-order valence-electron chi connectivity index (χ2n) is 6.93. The standard InChI is InChI=1S/C20H19F2N3O3/c21-13-3-5-16(22)15(8-13)12-2-1-7-25(10-12)20(27)23-14-4-6-18-17(9-14)24-19(26)11-28-18/h3-6,8-9,12H,1-2,7,10-11H2,(H,23,27)(H,24,26)/t12-/m1/s1. The Morgan fingerprint density at radius 1 is 1.21 bits per heavy atom. The molecule has 0 aromatic heterocycles. The average molecular weight is 387 g/mol. The van der Waals surface area contributed by atoms with Crippen molar-refractivity contribution in [1.29, 1.82) is 0 Å². The molecule has 1 atom stereocenters. The predicted molar refractivity (Wildman–Crippen MR) is 99.5 cm³/mol. The van der Waals surface area contributed by atoms with Gasteiger partial charge in [-0.25, -0.2) is 13.6 Å². The number of piperidine rings is 1. The lowest BCUT2D eigenvalue weighted by Gasteiger charge is -2.33. The summed E-state index contributed by atoms with van der Waals surface area (Å²) >= 11 is 0. The average Bonchev–Trinajstić information content (AvgIpc) is 2.69. The molecule has 1 fully saturated rings. The number of likely N-dealkylation sites (tertiary alicyclic amines) is 1. The van der Waals surface area contributed by atoms with Crippen LogP contribution in [0.4, 0.5) is 25.0 Å². The summed E-state index contributed by atoms with van der Waals surface area (Å²) in [6, 6.07) is 8.06. The van der Waals surface area contributed by atoms with Crippen molar-refractivity contribution in [2.24, 2.45) is 0 Å². The van der Waals surface area contributed by atoms with E-state index in [4.69, 9.17) is 4.74 Å². The van der Waals surface area contributed by atoms with Crippen molar-refractivity contribution in [1.82, 2.24) is 4.90 Å². The summed E-state index contributed by atoms with van der Waals surface area (Å²) in [5.74, 6) is -0.925. The fourth-order valence-corrected chi connectivity index (χ4v) is 3.61. The number of nitrogens with zero attached hydrogens (tertiary/aromatic N) is 1. The van der Waals surface area contributed by atoms with Crippen molar-refractivity contribution >= 4 is 23.3 Å². The maximum Gasteiger partial charge on any atom is 0.321 e. The number of fused-ring (bicyclic) bond motifs is 1.